The standard InChI is InChI=1S/C17H26N2O/c1-14-13-19(2)12-11-16(14)18-17(20)10-6-9-15-7-4-3-5-8-15/h3-5,7-8,14,16H,6,9-13H2,1-2H3,(H,18,20)/t14-,16+/m0/s1. The number of likely N-dealkylation sites (tertiary alicyclic amines) is 1. The maximum Gasteiger partial charge on any atom is 0.220 e. The Morgan fingerprint density at radius 1 is 1.35 bits per heavy atom. The van der Waals surface area contributed by atoms with E-state index in [0.717, 1.165) is 32.4 Å². The third kappa shape index (κ3) is 4.64. The Morgan fingerprint density at radius 3 is 2.80 bits per heavy atom. The highest BCUT2D eigenvalue weighted by Gasteiger charge is 2.25. The lowest BCUT2D eigenvalue weighted by Crippen LogP contribution is -2.48. The van der Waals surface area contributed by atoms with Crippen molar-refractivity contribution in [2.24, 2.45) is 5.92 Å². The molecule has 1 saturated heterocycles. The van der Waals surface area contributed by atoms with Crippen LogP contribution >= 0.6 is 0 Å². The molecule has 0 aliphatic carbocycles. The molecule has 1 N–H and O–H groups in total. The zero-order valence-corrected chi connectivity index (χ0v) is 12.6. The predicted octanol–water partition coefficient (Wildman–Crippen LogP) is 2.47. The van der Waals surface area contributed by atoms with E-state index in [-0.39, 0.29) is 5.91 Å². The van der Waals surface area contributed by atoms with E-state index >= 15 is 0 Å². The first-order valence-electron chi connectivity index (χ1n) is 7.67. The van der Waals surface area contributed by atoms with Crippen LogP contribution < -0.4 is 5.32 Å². The van der Waals surface area contributed by atoms with Crippen LogP contribution in [0.15, 0.2) is 30.3 Å². The van der Waals surface area contributed by atoms with E-state index in [2.05, 4.69) is 48.5 Å². The molecule has 20 heavy (non-hydrogen) atoms. The number of benzene rings is 1. The SMILES string of the molecule is C[C@H]1CN(C)CC[C@H]1NC(=O)CCCc1ccccc1. The molecule has 3 nitrogen and oxygen atoms in total. The number of carbonyl (C=O) groups is 1. The molecule has 1 aliphatic rings. The molecule has 1 heterocycles. The third-order valence-electron chi connectivity index (χ3n) is 4.17. The normalized spacial score (nSPS) is 23.5. The van der Waals surface area contributed by atoms with E-state index in [0.29, 0.717) is 18.4 Å². The summed E-state index contributed by atoms with van der Waals surface area (Å²) in [6.45, 7) is 4.39. The van der Waals surface area contributed by atoms with Crippen molar-refractivity contribution in [3.05, 3.63) is 35.9 Å². The van der Waals surface area contributed by atoms with Crippen molar-refractivity contribution >= 4 is 5.91 Å². The molecule has 1 aromatic carbocycles. The lowest BCUT2D eigenvalue weighted by molar-refractivity contribution is -0.122. The van der Waals surface area contributed by atoms with Gasteiger partial charge in [-0.3, -0.25) is 4.79 Å². The Morgan fingerprint density at radius 2 is 2.10 bits per heavy atom. The number of nitrogens with zero attached hydrogens (tertiary/aromatic N) is 1. The number of hydrogen-bond acceptors (Lipinski definition) is 2. The summed E-state index contributed by atoms with van der Waals surface area (Å²) in [5.74, 6) is 0.758. The summed E-state index contributed by atoms with van der Waals surface area (Å²) in [5, 5.41) is 3.21. The van der Waals surface area contributed by atoms with E-state index in [1.807, 2.05) is 6.07 Å². The largest absolute Gasteiger partial charge is 0.353 e. The van der Waals surface area contributed by atoms with Gasteiger partial charge in [-0.15, -0.1) is 0 Å². The average Bonchev–Trinajstić information content (AvgIpc) is 2.43. The van der Waals surface area contributed by atoms with Gasteiger partial charge in [0.25, 0.3) is 0 Å². The van der Waals surface area contributed by atoms with Crippen LogP contribution in [0.2, 0.25) is 0 Å². The molecule has 1 aliphatic heterocycles. The monoisotopic (exact) mass is 274 g/mol. The van der Waals surface area contributed by atoms with Gasteiger partial charge in [0, 0.05) is 19.0 Å². The first kappa shape index (κ1) is 15.0. The summed E-state index contributed by atoms with van der Waals surface area (Å²) in [4.78, 5) is 14.3. The summed E-state index contributed by atoms with van der Waals surface area (Å²) in [6, 6.07) is 10.7. The smallest absolute Gasteiger partial charge is 0.220 e. The summed E-state index contributed by atoms with van der Waals surface area (Å²) < 4.78 is 0. The Kier molecular flexibility index (Phi) is 5.60. The quantitative estimate of drug-likeness (QED) is 0.894. The van der Waals surface area contributed by atoms with Crippen LogP contribution in [-0.4, -0.2) is 37.0 Å². The Hall–Kier alpha value is -1.35. The number of hydrogen-bond donors (Lipinski definition) is 1. The average molecular weight is 274 g/mol. The first-order chi connectivity index (χ1) is 9.65. The number of carbonyl (C=O) groups excluding carboxylic acids is 1. The maximum atomic E-state index is 12.0. The molecule has 3 heteroatoms. The molecule has 1 aromatic rings. The molecular weight excluding hydrogens is 248 g/mol. The van der Waals surface area contributed by atoms with E-state index in [4.69, 9.17) is 0 Å². The Bertz CT molecular complexity index is 418. The van der Waals surface area contributed by atoms with Crippen LogP contribution in [0.4, 0.5) is 0 Å². The van der Waals surface area contributed by atoms with Gasteiger partial charge in [-0.2, -0.15) is 0 Å². The summed E-state index contributed by atoms with van der Waals surface area (Å²) in [6.07, 6.45) is 3.62. The molecule has 0 unspecified atom stereocenters. The lowest BCUT2D eigenvalue weighted by Gasteiger charge is -2.35. The number of rotatable bonds is 5. The molecule has 0 bridgehead atoms. The minimum atomic E-state index is 0.210. The summed E-state index contributed by atoms with van der Waals surface area (Å²) >= 11 is 0. The van der Waals surface area contributed by atoms with Crippen molar-refractivity contribution < 1.29 is 4.79 Å². The van der Waals surface area contributed by atoms with Gasteiger partial charge in [-0.05, 0) is 44.3 Å². The molecule has 1 fully saturated rings. The van der Waals surface area contributed by atoms with Gasteiger partial charge in [0.05, 0.1) is 0 Å². The van der Waals surface area contributed by atoms with Gasteiger partial charge >= 0.3 is 0 Å². The van der Waals surface area contributed by atoms with Gasteiger partial charge in [-0.1, -0.05) is 37.3 Å². The van der Waals surface area contributed by atoms with Gasteiger partial charge in [-0.25, -0.2) is 0 Å². The molecule has 0 saturated carbocycles. The molecule has 0 spiro atoms. The zero-order valence-electron chi connectivity index (χ0n) is 12.6. The number of aryl methyl sites for hydroxylation is 1. The second-order valence-electron chi connectivity index (χ2n) is 6.04. The van der Waals surface area contributed by atoms with Crippen molar-refractivity contribution in [2.45, 2.75) is 38.6 Å². The zero-order chi connectivity index (χ0) is 14.4. The van der Waals surface area contributed by atoms with Crippen LogP contribution in [-0.2, 0) is 11.2 Å². The minimum absolute atomic E-state index is 0.210. The molecule has 1 amide bonds. The van der Waals surface area contributed by atoms with Crippen molar-refractivity contribution in [2.75, 3.05) is 20.1 Å². The fourth-order valence-corrected chi connectivity index (χ4v) is 2.95. The second kappa shape index (κ2) is 7.44. The van der Waals surface area contributed by atoms with Crippen molar-refractivity contribution in [3.63, 3.8) is 0 Å². The number of piperidine rings is 1. The Balaban J connectivity index is 1.68. The lowest BCUT2D eigenvalue weighted by atomic mass is 9.94. The molecule has 110 valence electrons. The molecule has 2 atom stereocenters. The number of nitrogens with one attached hydrogen (secondary N) is 1. The molecule has 0 aromatic heterocycles. The molecule has 2 rings (SSSR count). The predicted molar refractivity (Wildman–Crippen MR) is 82.6 cm³/mol. The minimum Gasteiger partial charge on any atom is -0.353 e. The van der Waals surface area contributed by atoms with E-state index < -0.39 is 0 Å². The van der Waals surface area contributed by atoms with Crippen molar-refractivity contribution in [1.29, 1.82) is 0 Å². The summed E-state index contributed by atoms with van der Waals surface area (Å²) in [7, 11) is 2.15. The fourth-order valence-electron chi connectivity index (χ4n) is 2.95. The van der Waals surface area contributed by atoms with Crippen LogP contribution in [0.3, 0.4) is 0 Å². The molecule has 0 radical (unpaired) electrons. The van der Waals surface area contributed by atoms with E-state index in [9.17, 15) is 4.79 Å². The van der Waals surface area contributed by atoms with Gasteiger partial charge < -0.3 is 10.2 Å². The van der Waals surface area contributed by atoms with Crippen LogP contribution in [0.25, 0.3) is 0 Å². The highest BCUT2D eigenvalue weighted by atomic mass is 16.1. The highest BCUT2D eigenvalue weighted by Crippen LogP contribution is 2.15. The van der Waals surface area contributed by atoms with Crippen molar-refractivity contribution in [3.8, 4) is 0 Å². The van der Waals surface area contributed by atoms with E-state index in [1.54, 1.807) is 0 Å². The van der Waals surface area contributed by atoms with Gasteiger partial charge in [0.1, 0.15) is 0 Å². The third-order valence-corrected chi connectivity index (χ3v) is 4.17. The van der Waals surface area contributed by atoms with Gasteiger partial charge in [0.2, 0.25) is 5.91 Å². The first-order valence-corrected chi connectivity index (χ1v) is 7.67. The summed E-state index contributed by atoms with van der Waals surface area (Å²) in [5.41, 5.74) is 1.31. The van der Waals surface area contributed by atoms with Gasteiger partial charge in [0.15, 0.2) is 0 Å². The number of amides is 1. The molecular formula is C17H26N2O. The van der Waals surface area contributed by atoms with Crippen LogP contribution in [0.1, 0.15) is 31.7 Å². The van der Waals surface area contributed by atoms with Crippen LogP contribution in [0.5, 0.6) is 0 Å². The maximum absolute atomic E-state index is 12.0. The Labute approximate surface area is 122 Å². The van der Waals surface area contributed by atoms with E-state index in [1.165, 1.54) is 5.56 Å². The second-order valence-corrected chi connectivity index (χ2v) is 6.04. The van der Waals surface area contributed by atoms with Crippen molar-refractivity contribution in [1.82, 2.24) is 10.2 Å². The fraction of sp³-hybridized carbons (Fsp3) is 0.588. The highest BCUT2D eigenvalue weighted by molar-refractivity contribution is 5.76. The topological polar surface area (TPSA) is 32.3 Å². The van der Waals surface area contributed by atoms with Crippen LogP contribution in [0, 0.1) is 5.92 Å².